The predicted octanol–water partition coefficient (Wildman–Crippen LogP) is 1.99. The van der Waals surface area contributed by atoms with E-state index in [1.165, 1.54) is 0 Å². The van der Waals surface area contributed by atoms with Gasteiger partial charge in [-0.1, -0.05) is 18.2 Å². The van der Waals surface area contributed by atoms with Crippen molar-refractivity contribution in [3.05, 3.63) is 71.1 Å². The lowest BCUT2D eigenvalue weighted by atomic mass is 9.92. The van der Waals surface area contributed by atoms with Gasteiger partial charge in [-0.25, -0.2) is 9.78 Å². The smallest absolute Gasteiger partial charge is 0.336 e. The second-order valence-corrected chi connectivity index (χ2v) is 6.40. The number of fused-ring (bicyclic) bond motifs is 1. The first-order valence-corrected chi connectivity index (χ1v) is 8.16. The molecule has 7 nitrogen and oxygen atoms in total. The molecule has 0 amide bonds. The summed E-state index contributed by atoms with van der Waals surface area (Å²) in [6, 6.07) is 7.17. The van der Waals surface area contributed by atoms with Crippen molar-refractivity contribution in [1.29, 1.82) is 0 Å². The number of aromatic nitrogens is 4. The van der Waals surface area contributed by atoms with Crippen molar-refractivity contribution in [3.8, 4) is 0 Å². The lowest BCUT2D eigenvalue weighted by molar-refractivity contribution is 0.0694. The summed E-state index contributed by atoms with van der Waals surface area (Å²) in [7, 11) is 1.90. The first-order valence-electron chi connectivity index (χ1n) is 8.16. The number of carboxylic acids is 1. The van der Waals surface area contributed by atoms with E-state index >= 15 is 0 Å². The van der Waals surface area contributed by atoms with Gasteiger partial charge in [0.25, 0.3) is 0 Å². The van der Waals surface area contributed by atoms with E-state index in [1.54, 1.807) is 23.1 Å². The van der Waals surface area contributed by atoms with E-state index in [1.807, 2.05) is 31.6 Å². The van der Waals surface area contributed by atoms with Gasteiger partial charge < -0.3 is 10.1 Å². The maximum absolute atomic E-state index is 11.5. The average Bonchev–Trinajstić information content (AvgIpc) is 3.23. The van der Waals surface area contributed by atoms with Crippen LogP contribution < -0.4 is 0 Å². The summed E-state index contributed by atoms with van der Waals surface area (Å²) < 4.78 is 1.79. The Morgan fingerprint density at radius 2 is 2.24 bits per heavy atom. The summed E-state index contributed by atoms with van der Waals surface area (Å²) in [5, 5.41) is 13.7. The van der Waals surface area contributed by atoms with Gasteiger partial charge in [0.2, 0.25) is 0 Å². The van der Waals surface area contributed by atoms with Gasteiger partial charge in [-0.05, 0) is 11.6 Å². The van der Waals surface area contributed by atoms with Gasteiger partial charge >= 0.3 is 5.97 Å². The van der Waals surface area contributed by atoms with Gasteiger partial charge in [0.15, 0.2) is 0 Å². The zero-order valence-electron chi connectivity index (χ0n) is 13.9. The molecular weight excluding hydrogens is 318 g/mol. The van der Waals surface area contributed by atoms with Crippen molar-refractivity contribution in [2.45, 2.75) is 19.0 Å². The van der Waals surface area contributed by atoms with Crippen LogP contribution in [-0.2, 0) is 20.1 Å². The molecule has 1 aliphatic heterocycles. The highest BCUT2D eigenvalue weighted by molar-refractivity contribution is 5.89. The minimum Gasteiger partial charge on any atom is -0.478 e. The molecular formula is C18H19N5O2. The van der Waals surface area contributed by atoms with Gasteiger partial charge in [0, 0.05) is 44.4 Å². The first kappa shape index (κ1) is 15.6. The molecule has 3 aromatic rings. The maximum Gasteiger partial charge on any atom is 0.336 e. The maximum atomic E-state index is 11.5. The number of nitrogens with one attached hydrogen (secondary N) is 1. The molecule has 2 N–H and O–H groups in total. The number of carboxylic acid groups (broad SMARTS) is 1. The number of H-pyrrole nitrogens is 1. The Hall–Kier alpha value is -2.93. The van der Waals surface area contributed by atoms with Crippen LogP contribution in [0.4, 0.5) is 0 Å². The Morgan fingerprint density at radius 3 is 3.00 bits per heavy atom. The van der Waals surface area contributed by atoms with Crippen LogP contribution in [0.3, 0.4) is 0 Å². The fourth-order valence-corrected chi connectivity index (χ4v) is 3.50. The molecule has 0 saturated heterocycles. The number of aromatic amines is 1. The highest BCUT2D eigenvalue weighted by atomic mass is 16.4. The minimum absolute atomic E-state index is 0.126. The van der Waals surface area contributed by atoms with Crippen molar-refractivity contribution < 1.29 is 9.90 Å². The largest absolute Gasteiger partial charge is 0.478 e. The fourth-order valence-electron chi connectivity index (χ4n) is 3.50. The van der Waals surface area contributed by atoms with Crippen molar-refractivity contribution >= 4 is 5.97 Å². The first-order chi connectivity index (χ1) is 12.1. The molecule has 2 aromatic heterocycles. The molecule has 1 aromatic carbocycles. The Morgan fingerprint density at radius 1 is 1.40 bits per heavy atom. The van der Waals surface area contributed by atoms with E-state index in [-0.39, 0.29) is 5.92 Å². The number of hydrogen-bond acceptors (Lipinski definition) is 4. The van der Waals surface area contributed by atoms with E-state index in [0.717, 1.165) is 35.6 Å². The number of aryl methyl sites for hydroxylation is 1. The van der Waals surface area contributed by atoms with Crippen LogP contribution in [0.25, 0.3) is 0 Å². The van der Waals surface area contributed by atoms with Gasteiger partial charge in [0.05, 0.1) is 29.5 Å². The van der Waals surface area contributed by atoms with Crippen LogP contribution in [0.15, 0.2) is 43.0 Å². The highest BCUT2D eigenvalue weighted by Gasteiger charge is 2.30. The van der Waals surface area contributed by atoms with Crippen LogP contribution in [0.5, 0.6) is 0 Å². The SMILES string of the molecule is Cn1cc(C2CN(Cc3ccccc3C(=O)O)Cc3[nH]cnc32)cn1. The molecule has 0 radical (unpaired) electrons. The molecule has 1 aliphatic rings. The van der Waals surface area contributed by atoms with Crippen LogP contribution >= 0.6 is 0 Å². The zero-order valence-corrected chi connectivity index (χ0v) is 13.9. The Bertz CT molecular complexity index is 914. The van der Waals surface area contributed by atoms with E-state index < -0.39 is 5.97 Å². The second-order valence-electron chi connectivity index (χ2n) is 6.40. The summed E-state index contributed by atoms with van der Waals surface area (Å²) in [6.45, 7) is 2.08. The van der Waals surface area contributed by atoms with E-state index in [9.17, 15) is 9.90 Å². The van der Waals surface area contributed by atoms with Crippen LogP contribution in [0.2, 0.25) is 0 Å². The molecule has 128 valence electrons. The average molecular weight is 337 g/mol. The van der Waals surface area contributed by atoms with Crippen molar-refractivity contribution in [3.63, 3.8) is 0 Å². The molecule has 3 heterocycles. The fraction of sp³-hybridized carbons (Fsp3) is 0.278. The van der Waals surface area contributed by atoms with Crippen LogP contribution in [0.1, 0.15) is 38.8 Å². The number of rotatable bonds is 4. The molecule has 1 unspecified atom stereocenters. The van der Waals surface area contributed by atoms with Gasteiger partial charge in [-0.2, -0.15) is 5.10 Å². The van der Waals surface area contributed by atoms with E-state index in [0.29, 0.717) is 12.1 Å². The molecule has 1 atom stereocenters. The molecule has 0 fully saturated rings. The number of carbonyl (C=O) groups is 1. The molecule has 25 heavy (non-hydrogen) atoms. The topological polar surface area (TPSA) is 87.0 Å². The molecule has 0 spiro atoms. The minimum atomic E-state index is -0.890. The van der Waals surface area contributed by atoms with Crippen molar-refractivity contribution in [1.82, 2.24) is 24.6 Å². The highest BCUT2D eigenvalue weighted by Crippen LogP contribution is 2.32. The van der Waals surface area contributed by atoms with Crippen LogP contribution in [-0.4, -0.2) is 42.3 Å². The summed E-state index contributed by atoms with van der Waals surface area (Å²) in [5.74, 6) is -0.765. The summed E-state index contributed by atoms with van der Waals surface area (Å²) in [6.07, 6.45) is 5.61. The molecule has 0 saturated carbocycles. The molecule has 0 aliphatic carbocycles. The van der Waals surface area contributed by atoms with Crippen molar-refractivity contribution in [2.24, 2.45) is 7.05 Å². The van der Waals surface area contributed by atoms with Gasteiger partial charge in [-0.15, -0.1) is 0 Å². The lowest BCUT2D eigenvalue weighted by Gasteiger charge is -2.31. The quantitative estimate of drug-likeness (QED) is 0.760. The number of imidazole rings is 1. The number of benzene rings is 1. The molecule has 0 bridgehead atoms. The van der Waals surface area contributed by atoms with E-state index in [2.05, 4.69) is 20.0 Å². The Kier molecular flexibility index (Phi) is 3.85. The second kappa shape index (κ2) is 6.18. The van der Waals surface area contributed by atoms with Crippen molar-refractivity contribution in [2.75, 3.05) is 6.54 Å². The third-order valence-electron chi connectivity index (χ3n) is 4.67. The summed E-state index contributed by atoms with van der Waals surface area (Å²) >= 11 is 0. The summed E-state index contributed by atoms with van der Waals surface area (Å²) in [5.41, 5.74) is 4.43. The monoisotopic (exact) mass is 337 g/mol. The standard InChI is InChI=1S/C18H19N5O2/c1-22-7-13(6-21-22)15-9-23(10-16-17(15)20-11-19-16)8-12-4-2-3-5-14(12)18(24)25/h2-7,11,15H,8-10H2,1H3,(H,19,20)(H,24,25). The van der Waals surface area contributed by atoms with E-state index in [4.69, 9.17) is 0 Å². The normalized spacial score (nSPS) is 17.4. The Labute approximate surface area is 144 Å². The molecule has 4 rings (SSSR count). The van der Waals surface area contributed by atoms with Gasteiger partial charge in [-0.3, -0.25) is 9.58 Å². The molecule has 7 heteroatoms. The Balaban J connectivity index is 1.64. The number of aromatic carboxylic acids is 1. The third-order valence-corrected chi connectivity index (χ3v) is 4.67. The zero-order chi connectivity index (χ0) is 17.4. The number of nitrogens with zero attached hydrogens (tertiary/aromatic N) is 4. The third kappa shape index (κ3) is 2.94. The predicted molar refractivity (Wildman–Crippen MR) is 91.2 cm³/mol. The number of hydrogen-bond donors (Lipinski definition) is 2. The van der Waals surface area contributed by atoms with Gasteiger partial charge in [0.1, 0.15) is 0 Å². The summed E-state index contributed by atoms with van der Waals surface area (Å²) in [4.78, 5) is 21.4. The van der Waals surface area contributed by atoms with Crippen LogP contribution in [0, 0.1) is 0 Å². The lowest BCUT2D eigenvalue weighted by Crippen LogP contribution is -2.34.